The predicted octanol–water partition coefficient (Wildman–Crippen LogP) is 2.25. The number of nitrogens with one attached hydrogen (secondary N) is 2. The Balaban J connectivity index is 1.89. The van der Waals surface area contributed by atoms with E-state index in [1.165, 1.54) is 0 Å². The van der Waals surface area contributed by atoms with Gasteiger partial charge in [-0.05, 0) is 56.4 Å². The van der Waals surface area contributed by atoms with E-state index in [9.17, 15) is 9.59 Å². The summed E-state index contributed by atoms with van der Waals surface area (Å²) < 4.78 is 10.9. The molecule has 0 unspecified atom stereocenters. The molecule has 0 radical (unpaired) electrons. The second kappa shape index (κ2) is 8.06. The summed E-state index contributed by atoms with van der Waals surface area (Å²) in [6.45, 7) is 4.86. The van der Waals surface area contributed by atoms with Crippen LogP contribution in [-0.4, -0.2) is 50.2 Å². The Morgan fingerprint density at radius 2 is 1.85 bits per heavy atom. The molecule has 2 aliphatic rings. The summed E-state index contributed by atoms with van der Waals surface area (Å²) in [7, 11) is 3.21. The zero-order valence-electron chi connectivity index (χ0n) is 16.5. The number of rotatable bonds is 6. The van der Waals surface area contributed by atoms with Gasteiger partial charge in [0.1, 0.15) is 0 Å². The van der Waals surface area contributed by atoms with Crippen molar-refractivity contribution in [2.75, 3.05) is 27.3 Å². The third-order valence-corrected chi connectivity index (χ3v) is 5.09. The Morgan fingerprint density at radius 3 is 2.44 bits per heavy atom. The molecule has 1 aromatic carbocycles. The van der Waals surface area contributed by atoms with E-state index in [2.05, 4.69) is 10.6 Å². The highest BCUT2D eigenvalue weighted by Gasteiger charge is 2.35. The molecule has 1 aliphatic heterocycles. The number of methoxy groups -OCH3 is 2. The van der Waals surface area contributed by atoms with Crippen molar-refractivity contribution in [2.24, 2.45) is 5.92 Å². The molecule has 0 saturated heterocycles. The van der Waals surface area contributed by atoms with Crippen LogP contribution in [0.4, 0.5) is 4.79 Å². The fraction of sp³-hybridized carbons (Fsp3) is 0.600. The van der Waals surface area contributed by atoms with Crippen LogP contribution < -0.4 is 20.1 Å². The van der Waals surface area contributed by atoms with Crippen molar-refractivity contribution in [2.45, 2.75) is 45.2 Å². The highest BCUT2D eigenvalue weighted by Crippen LogP contribution is 2.38. The first-order chi connectivity index (χ1) is 12.9. The second-order valence-electron chi connectivity index (χ2n) is 7.49. The van der Waals surface area contributed by atoms with E-state index in [0.717, 1.165) is 30.4 Å². The zero-order valence-corrected chi connectivity index (χ0v) is 16.5. The molecule has 148 valence electrons. The molecule has 1 saturated carbocycles. The van der Waals surface area contributed by atoms with Crippen LogP contribution in [0.2, 0.25) is 0 Å². The molecule has 0 bridgehead atoms. The highest BCUT2D eigenvalue weighted by atomic mass is 16.5. The SMILES string of the molecule is COc1cc2c(cc1OC)[C@@H](CNC(=O)C1CC1)N(C(=O)NC(C)C)CC2. The molecule has 0 aromatic heterocycles. The first kappa shape index (κ1) is 19.3. The summed E-state index contributed by atoms with van der Waals surface area (Å²) in [4.78, 5) is 26.7. The Bertz CT molecular complexity index is 715. The monoisotopic (exact) mass is 375 g/mol. The van der Waals surface area contributed by atoms with E-state index >= 15 is 0 Å². The number of nitrogens with zero attached hydrogens (tertiary/aromatic N) is 1. The minimum absolute atomic E-state index is 0.0472. The summed E-state index contributed by atoms with van der Waals surface area (Å²) in [5.74, 6) is 1.52. The van der Waals surface area contributed by atoms with Crippen LogP contribution in [0.1, 0.15) is 43.9 Å². The lowest BCUT2D eigenvalue weighted by Crippen LogP contribution is -2.50. The van der Waals surface area contributed by atoms with Gasteiger partial charge < -0.3 is 25.0 Å². The summed E-state index contributed by atoms with van der Waals surface area (Å²) in [5, 5.41) is 5.99. The van der Waals surface area contributed by atoms with Gasteiger partial charge in [0, 0.05) is 25.0 Å². The standard InChI is InChI=1S/C20H29N3O4/c1-12(2)22-20(25)23-8-7-14-9-17(26-3)18(27-4)10-15(14)16(23)11-21-19(24)13-5-6-13/h9-10,12-13,16H,5-8,11H2,1-4H3,(H,21,24)(H,22,25)/t16-/m1/s1. The Morgan fingerprint density at radius 1 is 1.19 bits per heavy atom. The third-order valence-electron chi connectivity index (χ3n) is 5.09. The quantitative estimate of drug-likeness (QED) is 0.799. The van der Waals surface area contributed by atoms with Crippen molar-refractivity contribution in [3.63, 3.8) is 0 Å². The summed E-state index contributed by atoms with van der Waals surface area (Å²) in [6.07, 6.45) is 2.64. The molecule has 1 heterocycles. The number of fused-ring (bicyclic) bond motifs is 1. The Labute approximate surface area is 160 Å². The topological polar surface area (TPSA) is 79.9 Å². The highest BCUT2D eigenvalue weighted by molar-refractivity contribution is 5.81. The van der Waals surface area contributed by atoms with Gasteiger partial charge in [0.15, 0.2) is 11.5 Å². The number of benzene rings is 1. The molecule has 1 fully saturated rings. The molecule has 27 heavy (non-hydrogen) atoms. The molecule has 1 aromatic rings. The molecule has 3 rings (SSSR count). The Hall–Kier alpha value is -2.44. The lowest BCUT2D eigenvalue weighted by molar-refractivity contribution is -0.122. The van der Waals surface area contributed by atoms with Crippen LogP contribution in [0.3, 0.4) is 0 Å². The molecular weight excluding hydrogens is 346 g/mol. The van der Waals surface area contributed by atoms with Crippen molar-refractivity contribution in [1.29, 1.82) is 0 Å². The lowest BCUT2D eigenvalue weighted by atomic mass is 9.91. The van der Waals surface area contributed by atoms with Crippen LogP contribution in [-0.2, 0) is 11.2 Å². The van der Waals surface area contributed by atoms with E-state index in [1.54, 1.807) is 19.1 Å². The van der Waals surface area contributed by atoms with Gasteiger partial charge in [-0.3, -0.25) is 4.79 Å². The summed E-state index contributed by atoms with van der Waals surface area (Å²) in [5.41, 5.74) is 2.11. The van der Waals surface area contributed by atoms with Gasteiger partial charge in [0.2, 0.25) is 5.91 Å². The maximum Gasteiger partial charge on any atom is 0.318 e. The van der Waals surface area contributed by atoms with Crippen molar-refractivity contribution >= 4 is 11.9 Å². The average Bonchev–Trinajstić information content (AvgIpc) is 3.49. The van der Waals surface area contributed by atoms with E-state index in [1.807, 2.05) is 26.0 Å². The van der Waals surface area contributed by atoms with Crippen LogP contribution >= 0.6 is 0 Å². The van der Waals surface area contributed by atoms with Crippen LogP contribution in [0, 0.1) is 5.92 Å². The normalized spacial score (nSPS) is 18.7. The maximum absolute atomic E-state index is 12.7. The van der Waals surface area contributed by atoms with Crippen LogP contribution in [0.15, 0.2) is 12.1 Å². The number of carbonyl (C=O) groups is 2. The van der Waals surface area contributed by atoms with Crippen molar-refractivity contribution in [1.82, 2.24) is 15.5 Å². The number of ether oxygens (including phenoxy) is 2. The molecule has 7 heteroatoms. The lowest BCUT2D eigenvalue weighted by Gasteiger charge is -2.38. The first-order valence-corrected chi connectivity index (χ1v) is 9.54. The zero-order chi connectivity index (χ0) is 19.6. The largest absolute Gasteiger partial charge is 0.493 e. The van der Waals surface area contributed by atoms with Crippen LogP contribution in [0.25, 0.3) is 0 Å². The van der Waals surface area contributed by atoms with Gasteiger partial charge in [-0.25, -0.2) is 4.79 Å². The molecule has 2 N–H and O–H groups in total. The molecular formula is C20H29N3O4. The molecule has 7 nitrogen and oxygen atoms in total. The fourth-order valence-electron chi connectivity index (χ4n) is 3.51. The van der Waals surface area contributed by atoms with Gasteiger partial charge in [-0.15, -0.1) is 0 Å². The van der Waals surface area contributed by atoms with Gasteiger partial charge >= 0.3 is 6.03 Å². The molecule has 1 atom stereocenters. The van der Waals surface area contributed by atoms with Crippen molar-refractivity contribution in [3.8, 4) is 11.5 Å². The number of hydrogen-bond acceptors (Lipinski definition) is 4. The number of urea groups is 1. The first-order valence-electron chi connectivity index (χ1n) is 9.54. The minimum Gasteiger partial charge on any atom is -0.493 e. The number of carbonyl (C=O) groups excluding carboxylic acids is 2. The van der Waals surface area contributed by atoms with E-state index in [-0.39, 0.29) is 29.9 Å². The van der Waals surface area contributed by atoms with Gasteiger partial charge in [-0.2, -0.15) is 0 Å². The maximum atomic E-state index is 12.7. The smallest absolute Gasteiger partial charge is 0.318 e. The molecule has 0 spiro atoms. The average molecular weight is 375 g/mol. The number of amides is 3. The fourth-order valence-corrected chi connectivity index (χ4v) is 3.51. The van der Waals surface area contributed by atoms with Gasteiger partial charge in [0.05, 0.1) is 20.3 Å². The van der Waals surface area contributed by atoms with Crippen molar-refractivity contribution in [3.05, 3.63) is 23.3 Å². The van der Waals surface area contributed by atoms with Crippen molar-refractivity contribution < 1.29 is 19.1 Å². The second-order valence-corrected chi connectivity index (χ2v) is 7.49. The third kappa shape index (κ3) is 4.28. The van der Waals surface area contributed by atoms with Gasteiger partial charge in [-0.1, -0.05) is 0 Å². The van der Waals surface area contributed by atoms with E-state index < -0.39 is 0 Å². The van der Waals surface area contributed by atoms with Crippen LogP contribution in [0.5, 0.6) is 11.5 Å². The van der Waals surface area contributed by atoms with E-state index in [4.69, 9.17) is 9.47 Å². The predicted molar refractivity (Wildman–Crippen MR) is 102 cm³/mol. The molecule has 3 amide bonds. The summed E-state index contributed by atoms with van der Waals surface area (Å²) >= 11 is 0. The molecule has 1 aliphatic carbocycles. The number of hydrogen-bond donors (Lipinski definition) is 2. The summed E-state index contributed by atoms with van der Waals surface area (Å²) in [6, 6.07) is 3.59. The minimum atomic E-state index is -0.241. The Kier molecular flexibility index (Phi) is 5.77. The van der Waals surface area contributed by atoms with E-state index in [0.29, 0.717) is 24.6 Å². The van der Waals surface area contributed by atoms with Gasteiger partial charge in [0.25, 0.3) is 0 Å².